The zero-order valence-electron chi connectivity index (χ0n) is 33.9. The molecule has 62 heavy (non-hydrogen) atoms. The smallest absolute Gasteiger partial charge is 0.0715 e. The maximum Gasteiger partial charge on any atom is 0.0715 e. The van der Waals surface area contributed by atoms with Gasteiger partial charge in [0.25, 0.3) is 0 Å². The van der Waals surface area contributed by atoms with E-state index >= 15 is 0 Å². The van der Waals surface area contributed by atoms with Crippen molar-refractivity contribution in [2.75, 3.05) is 0 Å². The first-order chi connectivity index (χ1) is 30.7. The number of benzene rings is 9. The van der Waals surface area contributed by atoms with E-state index < -0.39 is 0 Å². The molecule has 0 radical (unpaired) electrons. The average molecular weight is 790 g/mol. The first-order valence-corrected chi connectivity index (χ1v) is 21.2. The van der Waals surface area contributed by atoms with Crippen molar-refractivity contribution in [1.82, 2.24) is 14.1 Å². The standard InChI is InChI=1S/C59H39N3/c1-2-14-40(15-3-1)47-38-54(45-18-12-16-43(36-45)41-28-32-48(33-29-41)61-56-24-8-4-20-50(56)51-21-5-9-25-57(51)61)60-55(39-47)46-19-13-17-44(37-46)42-30-34-49(35-31-42)62-58-26-10-6-22-52(58)53-23-7-11-27-59(53)62/h1-39H. The van der Waals surface area contributed by atoms with Gasteiger partial charge in [0.2, 0.25) is 0 Å². The van der Waals surface area contributed by atoms with Crippen molar-refractivity contribution < 1.29 is 0 Å². The number of hydrogen-bond donors (Lipinski definition) is 0. The summed E-state index contributed by atoms with van der Waals surface area (Å²) < 4.78 is 4.73. The van der Waals surface area contributed by atoms with Gasteiger partial charge in [-0.15, -0.1) is 0 Å². The van der Waals surface area contributed by atoms with Gasteiger partial charge in [0.05, 0.1) is 33.5 Å². The van der Waals surface area contributed by atoms with Gasteiger partial charge in [0.1, 0.15) is 0 Å². The molecule has 0 spiro atoms. The Morgan fingerprint density at radius 2 is 0.548 bits per heavy atom. The molecule has 290 valence electrons. The molecule has 0 aliphatic rings. The fraction of sp³-hybridized carbons (Fsp3) is 0. The van der Waals surface area contributed by atoms with Gasteiger partial charge in [-0.1, -0.05) is 164 Å². The first-order valence-electron chi connectivity index (χ1n) is 21.2. The molecule has 0 fully saturated rings. The second kappa shape index (κ2) is 14.8. The van der Waals surface area contributed by atoms with Crippen molar-refractivity contribution in [2.45, 2.75) is 0 Å². The summed E-state index contributed by atoms with van der Waals surface area (Å²) >= 11 is 0. The minimum Gasteiger partial charge on any atom is -0.309 e. The Morgan fingerprint density at radius 1 is 0.226 bits per heavy atom. The van der Waals surface area contributed by atoms with E-state index in [1.165, 1.54) is 43.6 Å². The van der Waals surface area contributed by atoms with Crippen LogP contribution >= 0.6 is 0 Å². The zero-order chi connectivity index (χ0) is 41.0. The summed E-state index contributed by atoms with van der Waals surface area (Å²) in [5.41, 5.74) is 18.1. The van der Waals surface area contributed by atoms with Gasteiger partial charge >= 0.3 is 0 Å². The lowest BCUT2D eigenvalue weighted by molar-refractivity contribution is 1.18. The third-order valence-electron chi connectivity index (χ3n) is 12.3. The molecule has 0 aliphatic carbocycles. The van der Waals surface area contributed by atoms with Crippen LogP contribution in [0.5, 0.6) is 0 Å². The van der Waals surface area contributed by atoms with Gasteiger partial charge in [-0.2, -0.15) is 0 Å². The van der Waals surface area contributed by atoms with Gasteiger partial charge in [-0.05, 0) is 106 Å². The molecule has 0 atom stereocenters. The quantitative estimate of drug-likeness (QED) is 0.158. The van der Waals surface area contributed by atoms with Crippen molar-refractivity contribution in [1.29, 1.82) is 0 Å². The normalized spacial score (nSPS) is 11.5. The van der Waals surface area contributed by atoms with Gasteiger partial charge in [-0.3, -0.25) is 0 Å². The van der Waals surface area contributed by atoms with Crippen LogP contribution in [0.2, 0.25) is 0 Å². The highest BCUT2D eigenvalue weighted by molar-refractivity contribution is 6.10. The molecule has 3 heteroatoms. The summed E-state index contributed by atoms with van der Waals surface area (Å²) in [5, 5.41) is 5.06. The summed E-state index contributed by atoms with van der Waals surface area (Å²) in [6.07, 6.45) is 0. The maximum atomic E-state index is 5.37. The van der Waals surface area contributed by atoms with Gasteiger partial charge in [-0.25, -0.2) is 4.98 Å². The van der Waals surface area contributed by atoms with E-state index in [0.29, 0.717) is 0 Å². The van der Waals surface area contributed by atoms with Crippen LogP contribution in [-0.4, -0.2) is 14.1 Å². The minimum absolute atomic E-state index is 0.936. The summed E-state index contributed by atoms with van der Waals surface area (Å²) in [6.45, 7) is 0. The van der Waals surface area contributed by atoms with Crippen molar-refractivity contribution in [2.24, 2.45) is 0 Å². The molecule has 0 aliphatic heterocycles. The second-order valence-electron chi connectivity index (χ2n) is 16.0. The second-order valence-corrected chi connectivity index (χ2v) is 16.0. The monoisotopic (exact) mass is 789 g/mol. The van der Waals surface area contributed by atoms with Crippen LogP contribution in [0, 0.1) is 0 Å². The fourth-order valence-electron chi connectivity index (χ4n) is 9.35. The first kappa shape index (κ1) is 35.7. The number of aromatic nitrogens is 3. The summed E-state index contributed by atoms with van der Waals surface area (Å²) in [4.78, 5) is 5.37. The van der Waals surface area contributed by atoms with Crippen molar-refractivity contribution in [3.8, 4) is 67.3 Å². The predicted octanol–water partition coefficient (Wildman–Crippen LogP) is 15.6. The fourth-order valence-corrected chi connectivity index (χ4v) is 9.35. The van der Waals surface area contributed by atoms with E-state index in [1.807, 2.05) is 0 Å². The van der Waals surface area contributed by atoms with Crippen LogP contribution in [0.25, 0.3) is 111 Å². The van der Waals surface area contributed by atoms with Crippen LogP contribution in [0.15, 0.2) is 237 Å². The zero-order valence-corrected chi connectivity index (χ0v) is 33.9. The lowest BCUT2D eigenvalue weighted by Gasteiger charge is -2.13. The maximum absolute atomic E-state index is 5.37. The van der Waals surface area contributed by atoms with Crippen molar-refractivity contribution >= 4 is 43.6 Å². The molecular weight excluding hydrogens is 751 g/mol. The SMILES string of the molecule is c1ccc(-c2cc(-c3cccc(-c4ccc(-n5c6ccccc6c6ccccc65)cc4)c3)nc(-c3cccc(-c4ccc(-n5c6ccccc6c6ccccc65)cc4)c3)c2)cc1. The van der Waals surface area contributed by atoms with E-state index in [9.17, 15) is 0 Å². The van der Waals surface area contributed by atoms with Crippen molar-refractivity contribution in [3.63, 3.8) is 0 Å². The van der Waals surface area contributed by atoms with E-state index in [0.717, 1.165) is 67.3 Å². The highest BCUT2D eigenvalue weighted by Gasteiger charge is 2.15. The molecular formula is C59H39N3. The lowest BCUT2D eigenvalue weighted by atomic mass is 9.96. The Balaban J connectivity index is 0.897. The van der Waals surface area contributed by atoms with E-state index in [1.54, 1.807) is 0 Å². The van der Waals surface area contributed by atoms with Gasteiger partial charge < -0.3 is 9.13 Å². The highest BCUT2D eigenvalue weighted by atomic mass is 15.0. The van der Waals surface area contributed by atoms with Crippen LogP contribution in [0.1, 0.15) is 0 Å². The molecule has 0 bridgehead atoms. The Hall–Kier alpha value is -8.27. The number of fused-ring (bicyclic) bond motifs is 6. The van der Waals surface area contributed by atoms with E-state index in [4.69, 9.17) is 4.98 Å². The number of hydrogen-bond acceptors (Lipinski definition) is 1. The van der Waals surface area contributed by atoms with Gasteiger partial charge in [0, 0.05) is 44.0 Å². The molecule has 3 aromatic heterocycles. The molecule has 9 aromatic carbocycles. The molecule has 3 nitrogen and oxygen atoms in total. The summed E-state index contributed by atoms with van der Waals surface area (Å²) in [5.74, 6) is 0. The molecule has 12 aromatic rings. The number of pyridine rings is 1. The van der Waals surface area contributed by atoms with Crippen LogP contribution in [0.3, 0.4) is 0 Å². The molecule has 3 heterocycles. The van der Waals surface area contributed by atoms with Crippen LogP contribution in [-0.2, 0) is 0 Å². The summed E-state index contributed by atoms with van der Waals surface area (Å²) in [6, 6.07) is 85.1. The Morgan fingerprint density at radius 3 is 0.952 bits per heavy atom. The lowest BCUT2D eigenvalue weighted by Crippen LogP contribution is -1.94. The molecule has 0 N–H and O–H groups in total. The molecule has 12 rings (SSSR count). The summed E-state index contributed by atoms with van der Waals surface area (Å²) in [7, 11) is 0. The Kier molecular flexibility index (Phi) is 8.50. The third kappa shape index (κ3) is 6.10. The number of para-hydroxylation sites is 4. The predicted molar refractivity (Wildman–Crippen MR) is 260 cm³/mol. The van der Waals surface area contributed by atoms with Crippen LogP contribution < -0.4 is 0 Å². The largest absolute Gasteiger partial charge is 0.309 e. The van der Waals surface area contributed by atoms with E-state index in [2.05, 4.69) is 246 Å². The molecule has 0 saturated heterocycles. The molecule has 0 unspecified atom stereocenters. The van der Waals surface area contributed by atoms with Crippen LogP contribution in [0.4, 0.5) is 0 Å². The van der Waals surface area contributed by atoms with E-state index in [-0.39, 0.29) is 0 Å². The number of nitrogens with zero attached hydrogens (tertiary/aromatic N) is 3. The van der Waals surface area contributed by atoms with Gasteiger partial charge in [0.15, 0.2) is 0 Å². The molecule has 0 amide bonds. The highest BCUT2D eigenvalue weighted by Crippen LogP contribution is 2.37. The number of rotatable bonds is 7. The minimum atomic E-state index is 0.936. The van der Waals surface area contributed by atoms with Crippen molar-refractivity contribution in [3.05, 3.63) is 237 Å². The topological polar surface area (TPSA) is 22.8 Å². The molecule has 0 saturated carbocycles. The Bertz CT molecular complexity index is 3290. The average Bonchev–Trinajstić information content (AvgIpc) is 3.87. The Labute approximate surface area is 360 Å². The third-order valence-corrected chi connectivity index (χ3v) is 12.3.